The van der Waals surface area contributed by atoms with Crippen LogP contribution >= 0.6 is 11.8 Å². The van der Waals surface area contributed by atoms with Crippen molar-refractivity contribution in [3.63, 3.8) is 0 Å². The standard InChI is InChI=1S/C13H11F2NO2S/c1-6-7(2)16-9-5-4-8(14)11(15)10(9)12(6)18-13(17)19-3/h4-5H,1-3H3. The molecule has 6 heteroatoms. The Labute approximate surface area is 113 Å². The predicted molar refractivity (Wildman–Crippen MR) is 70.7 cm³/mol. The Morgan fingerprint density at radius 1 is 1.32 bits per heavy atom. The molecule has 0 radical (unpaired) electrons. The summed E-state index contributed by atoms with van der Waals surface area (Å²) >= 11 is 0.855. The van der Waals surface area contributed by atoms with Crippen molar-refractivity contribution in [3.8, 4) is 5.75 Å². The smallest absolute Gasteiger partial charge is 0.372 e. The van der Waals surface area contributed by atoms with E-state index in [1.54, 1.807) is 20.1 Å². The lowest BCUT2D eigenvalue weighted by molar-refractivity contribution is 0.227. The molecule has 0 N–H and O–H groups in total. The molecule has 1 heterocycles. The molecule has 3 nitrogen and oxygen atoms in total. The van der Waals surface area contributed by atoms with Gasteiger partial charge >= 0.3 is 5.30 Å². The zero-order valence-corrected chi connectivity index (χ0v) is 11.4. The normalized spacial score (nSPS) is 10.8. The summed E-state index contributed by atoms with van der Waals surface area (Å²) in [6, 6.07) is 2.36. The Morgan fingerprint density at radius 3 is 2.63 bits per heavy atom. The van der Waals surface area contributed by atoms with E-state index in [2.05, 4.69) is 4.98 Å². The Hall–Kier alpha value is -1.69. The van der Waals surface area contributed by atoms with Crippen LogP contribution in [0.1, 0.15) is 11.3 Å². The van der Waals surface area contributed by atoms with Crippen molar-refractivity contribution in [2.45, 2.75) is 13.8 Å². The number of thioether (sulfide) groups is 1. The van der Waals surface area contributed by atoms with E-state index in [1.807, 2.05) is 0 Å². The summed E-state index contributed by atoms with van der Waals surface area (Å²) in [5.41, 5.74) is 1.37. The monoisotopic (exact) mass is 283 g/mol. The number of halogens is 2. The molecule has 2 rings (SSSR count). The average Bonchev–Trinajstić information content (AvgIpc) is 2.39. The molecule has 0 bridgehead atoms. The van der Waals surface area contributed by atoms with Crippen molar-refractivity contribution in [2.24, 2.45) is 0 Å². The van der Waals surface area contributed by atoms with Crippen molar-refractivity contribution in [1.82, 2.24) is 4.98 Å². The van der Waals surface area contributed by atoms with Crippen LogP contribution in [-0.2, 0) is 0 Å². The number of aromatic nitrogens is 1. The molecule has 0 unspecified atom stereocenters. The van der Waals surface area contributed by atoms with E-state index in [0.29, 0.717) is 11.3 Å². The van der Waals surface area contributed by atoms with Crippen LogP contribution in [0, 0.1) is 25.5 Å². The van der Waals surface area contributed by atoms with Crippen LogP contribution in [0.2, 0.25) is 0 Å². The number of aryl methyl sites for hydroxylation is 1. The number of rotatable bonds is 1. The van der Waals surface area contributed by atoms with Crippen molar-refractivity contribution >= 4 is 28.0 Å². The van der Waals surface area contributed by atoms with Crippen molar-refractivity contribution < 1.29 is 18.3 Å². The molecule has 0 saturated carbocycles. The summed E-state index contributed by atoms with van der Waals surface area (Å²) < 4.78 is 32.3. The molecule has 0 aliphatic rings. The first-order valence-electron chi connectivity index (χ1n) is 5.46. The van der Waals surface area contributed by atoms with Gasteiger partial charge in [-0.2, -0.15) is 0 Å². The third-order valence-electron chi connectivity index (χ3n) is 2.82. The minimum atomic E-state index is -1.06. The molecular weight excluding hydrogens is 272 g/mol. The molecule has 0 aliphatic carbocycles. The van der Waals surface area contributed by atoms with Crippen LogP contribution in [0.25, 0.3) is 10.9 Å². The van der Waals surface area contributed by atoms with Gasteiger partial charge in [-0.15, -0.1) is 0 Å². The molecule has 2 aromatic rings. The van der Waals surface area contributed by atoms with E-state index < -0.39 is 16.9 Å². The summed E-state index contributed by atoms with van der Waals surface area (Å²) in [5, 5.41) is -0.691. The van der Waals surface area contributed by atoms with Crippen molar-refractivity contribution in [3.05, 3.63) is 35.0 Å². The molecule has 100 valence electrons. The first-order chi connectivity index (χ1) is 8.95. The minimum absolute atomic E-state index is 0.0267. The van der Waals surface area contributed by atoms with E-state index in [-0.39, 0.29) is 16.7 Å². The fourth-order valence-corrected chi connectivity index (χ4v) is 1.89. The lowest BCUT2D eigenvalue weighted by Gasteiger charge is -2.12. The highest BCUT2D eigenvalue weighted by Crippen LogP contribution is 2.33. The molecular formula is C13H11F2NO2S. The number of carbonyl (C=O) groups excluding carboxylic acids is 1. The van der Waals surface area contributed by atoms with Crippen LogP contribution in [0.5, 0.6) is 5.75 Å². The highest BCUT2D eigenvalue weighted by Gasteiger charge is 2.19. The minimum Gasteiger partial charge on any atom is -0.417 e. The number of ether oxygens (including phenoxy) is 1. The van der Waals surface area contributed by atoms with Gasteiger partial charge in [0.2, 0.25) is 0 Å². The first kappa shape index (κ1) is 13.7. The Kier molecular flexibility index (Phi) is 3.71. The van der Waals surface area contributed by atoms with Crippen LogP contribution < -0.4 is 4.74 Å². The second-order valence-electron chi connectivity index (χ2n) is 3.96. The van der Waals surface area contributed by atoms with Gasteiger partial charge in [0.25, 0.3) is 0 Å². The number of fused-ring (bicyclic) bond motifs is 1. The maximum absolute atomic E-state index is 13.9. The van der Waals surface area contributed by atoms with E-state index in [0.717, 1.165) is 17.8 Å². The Morgan fingerprint density at radius 2 is 2.00 bits per heavy atom. The molecule has 1 aromatic heterocycles. The van der Waals surface area contributed by atoms with E-state index >= 15 is 0 Å². The fourth-order valence-electron chi connectivity index (χ4n) is 1.72. The van der Waals surface area contributed by atoms with Gasteiger partial charge < -0.3 is 4.74 Å². The fraction of sp³-hybridized carbons (Fsp3) is 0.231. The number of nitrogens with zero attached hydrogens (tertiary/aromatic N) is 1. The molecule has 0 spiro atoms. The van der Waals surface area contributed by atoms with E-state index in [1.165, 1.54) is 6.07 Å². The molecule has 0 fully saturated rings. The van der Waals surface area contributed by atoms with Gasteiger partial charge in [-0.1, -0.05) is 0 Å². The Bertz CT molecular complexity index is 673. The highest BCUT2D eigenvalue weighted by atomic mass is 32.2. The number of hydrogen-bond donors (Lipinski definition) is 0. The van der Waals surface area contributed by atoms with Gasteiger partial charge in [0, 0.05) is 11.3 Å². The van der Waals surface area contributed by atoms with Gasteiger partial charge in [0.15, 0.2) is 11.6 Å². The van der Waals surface area contributed by atoms with Gasteiger partial charge in [0.1, 0.15) is 5.75 Å². The zero-order chi connectivity index (χ0) is 14.2. The topological polar surface area (TPSA) is 39.2 Å². The number of carbonyl (C=O) groups is 1. The Balaban J connectivity index is 2.80. The average molecular weight is 283 g/mol. The molecule has 0 atom stereocenters. The second-order valence-corrected chi connectivity index (χ2v) is 4.70. The number of benzene rings is 1. The molecule has 1 aromatic carbocycles. The van der Waals surface area contributed by atoms with Gasteiger partial charge in [-0.3, -0.25) is 4.98 Å². The SMILES string of the molecule is CSC(=O)Oc1c(C)c(C)nc2ccc(F)c(F)c12. The number of pyridine rings is 1. The van der Waals surface area contributed by atoms with Crippen LogP contribution in [0.4, 0.5) is 13.6 Å². The molecule has 0 aliphatic heterocycles. The third kappa shape index (κ3) is 2.40. The quantitative estimate of drug-likeness (QED) is 0.742. The second kappa shape index (κ2) is 5.13. The molecule has 19 heavy (non-hydrogen) atoms. The van der Waals surface area contributed by atoms with E-state index in [9.17, 15) is 13.6 Å². The van der Waals surface area contributed by atoms with Crippen LogP contribution in [0.15, 0.2) is 12.1 Å². The predicted octanol–water partition coefficient (Wildman–Crippen LogP) is 3.99. The van der Waals surface area contributed by atoms with Crippen molar-refractivity contribution in [2.75, 3.05) is 6.26 Å². The maximum Gasteiger partial charge on any atom is 0.372 e. The summed E-state index contributed by atoms with van der Waals surface area (Å²) in [7, 11) is 0. The lowest BCUT2D eigenvalue weighted by atomic mass is 10.1. The summed E-state index contributed by atoms with van der Waals surface area (Å²) in [4.78, 5) is 15.6. The lowest BCUT2D eigenvalue weighted by Crippen LogP contribution is -2.05. The highest BCUT2D eigenvalue weighted by molar-refractivity contribution is 8.12. The van der Waals surface area contributed by atoms with Crippen LogP contribution in [0.3, 0.4) is 0 Å². The molecule has 0 amide bonds. The molecule has 0 saturated heterocycles. The third-order valence-corrected chi connectivity index (χ3v) is 3.24. The largest absolute Gasteiger partial charge is 0.417 e. The summed E-state index contributed by atoms with van der Waals surface area (Å²) in [5.74, 6) is -2.03. The van der Waals surface area contributed by atoms with Gasteiger partial charge in [-0.05, 0) is 44.0 Å². The zero-order valence-electron chi connectivity index (χ0n) is 10.6. The van der Waals surface area contributed by atoms with Crippen molar-refractivity contribution in [1.29, 1.82) is 0 Å². The van der Waals surface area contributed by atoms with Gasteiger partial charge in [-0.25, -0.2) is 13.6 Å². The van der Waals surface area contributed by atoms with E-state index in [4.69, 9.17) is 4.74 Å². The van der Waals surface area contributed by atoms with Crippen LogP contribution in [-0.4, -0.2) is 16.5 Å². The summed E-state index contributed by atoms with van der Waals surface area (Å²) in [6.07, 6.45) is 1.55. The summed E-state index contributed by atoms with van der Waals surface area (Å²) in [6.45, 7) is 3.36. The van der Waals surface area contributed by atoms with Gasteiger partial charge in [0.05, 0.1) is 10.9 Å². The first-order valence-corrected chi connectivity index (χ1v) is 6.69. The maximum atomic E-state index is 13.9. The number of hydrogen-bond acceptors (Lipinski definition) is 4.